The lowest BCUT2D eigenvalue weighted by Crippen LogP contribution is -2.59. The highest BCUT2D eigenvalue weighted by Gasteiger charge is 2.40. The second kappa shape index (κ2) is 16.7. The Balaban J connectivity index is 5.20. The van der Waals surface area contributed by atoms with E-state index in [0.29, 0.717) is 19.4 Å². The van der Waals surface area contributed by atoms with Crippen LogP contribution in [-0.4, -0.2) is 41.5 Å². The van der Waals surface area contributed by atoms with Crippen LogP contribution in [0.3, 0.4) is 0 Å². The molecule has 0 rings (SSSR count). The van der Waals surface area contributed by atoms with Gasteiger partial charge in [0.2, 0.25) is 0 Å². The topological polar surface area (TPSA) is 78.4 Å². The van der Waals surface area contributed by atoms with E-state index in [4.69, 9.17) is 0 Å². The van der Waals surface area contributed by atoms with E-state index in [1.165, 1.54) is 38.5 Å². The standard InChI is InChI=1S/C26H52N2O3/c1-7-12-14-16-18-25(6,9-3)21-27-22(20-23(29)30)24(31)26(10-4,11-5)28-19-17-15-13-8-2/h22,27-28H,7-21H2,1-6H3,(H,29,30). The summed E-state index contributed by atoms with van der Waals surface area (Å²) in [6.45, 7) is 14.4. The number of unbranched alkanes of at least 4 members (excludes halogenated alkanes) is 6. The first-order valence-electron chi connectivity index (χ1n) is 13.0. The van der Waals surface area contributed by atoms with Crippen LogP contribution in [-0.2, 0) is 9.59 Å². The number of aliphatic carboxylic acids is 1. The van der Waals surface area contributed by atoms with Crippen LogP contribution in [0.25, 0.3) is 0 Å². The Morgan fingerprint density at radius 3 is 1.90 bits per heavy atom. The third-order valence-corrected chi connectivity index (χ3v) is 7.13. The van der Waals surface area contributed by atoms with Crippen LogP contribution in [0.15, 0.2) is 0 Å². The van der Waals surface area contributed by atoms with E-state index in [-0.39, 0.29) is 17.6 Å². The van der Waals surface area contributed by atoms with Crippen LogP contribution in [0.1, 0.15) is 125 Å². The summed E-state index contributed by atoms with van der Waals surface area (Å²) < 4.78 is 0. The predicted octanol–water partition coefficient (Wildman–Crippen LogP) is 6.10. The minimum absolute atomic E-state index is 0.0137. The Morgan fingerprint density at radius 2 is 1.42 bits per heavy atom. The maximum absolute atomic E-state index is 13.6. The van der Waals surface area contributed by atoms with Gasteiger partial charge in [-0.25, -0.2) is 0 Å². The van der Waals surface area contributed by atoms with Gasteiger partial charge in [-0.1, -0.05) is 86.5 Å². The minimum atomic E-state index is -0.920. The lowest BCUT2D eigenvalue weighted by molar-refractivity contribution is -0.141. The molecule has 0 aliphatic rings. The van der Waals surface area contributed by atoms with Gasteiger partial charge in [-0.3, -0.25) is 9.59 Å². The van der Waals surface area contributed by atoms with Crippen molar-refractivity contribution in [2.75, 3.05) is 13.1 Å². The Kier molecular flexibility index (Phi) is 16.2. The van der Waals surface area contributed by atoms with Crippen LogP contribution >= 0.6 is 0 Å². The van der Waals surface area contributed by atoms with Gasteiger partial charge in [0.15, 0.2) is 5.78 Å². The lowest BCUT2D eigenvalue weighted by Gasteiger charge is -2.37. The molecule has 0 aromatic heterocycles. The van der Waals surface area contributed by atoms with E-state index in [1.54, 1.807) is 0 Å². The Labute approximate surface area is 192 Å². The molecule has 3 N–H and O–H groups in total. The summed E-state index contributed by atoms with van der Waals surface area (Å²) in [5, 5.41) is 16.4. The Hall–Kier alpha value is -0.940. The van der Waals surface area contributed by atoms with Crippen molar-refractivity contribution in [1.82, 2.24) is 10.6 Å². The number of carbonyl (C=O) groups excluding carboxylic acids is 1. The molecule has 0 saturated carbocycles. The molecule has 0 saturated heterocycles. The van der Waals surface area contributed by atoms with Gasteiger partial charge in [-0.2, -0.15) is 0 Å². The molecule has 5 nitrogen and oxygen atoms in total. The number of carbonyl (C=O) groups is 2. The number of carboxylic acid groups (broad SMARTS) is 1. The molecular formula is C26H52N2O3. The molecule has 5 heteroatoms. The zero-order valence-electron chi connectivity index (χ0n) is 21.4. The van der Waals surface area contributed by atoms with Gasteiger partial charge in [0.1, 0.15) is 0 Å². The predicted molar refractivity (Wildman–Crippen MR) is 132 cm³/mol. The smallest absolute Gasteiger partial charge is 0.305 e. The first-order valence-corrected chi connectivity index (χ1v) is 13.0. The quantitative estimate of drug-likeness (QED) is 0.188. The van der Waals surface area contributed by atoms with Crippen LogP contribution in [0.4, 0.5) is 0 Å². The van der Waals surface area contributed by atoms with Crippen molar-refractivity contribution in [3.63, 3.8) is 0 Å². The van der Waals surface area contributed by atoms with Crippen LogP contribution in [0, 0.1) is 5.41 Å². The number of carboxylic acids is 1. The monoisotopic (exact) mass is 440 g/mol. The number of hydrogen-bond donors (Lipinski definition) is 3. The number of rotatable bonds is 21. The molecule has 2 unspecified atom stereocenters. The van der Waals surface area contributed by atoms with E-state index in [2.05, 4.69) is 38.3 Å². The van der Waals surface area contributed by atoms with Gasteiger partial charge in [0.05, 0.1) is 18.0 Å². The summed E-state index contributed by atoms with van der Waals surface area (Å²) in [6.07, 6.45) is 12.8. The zero-order chi connectivity index (χ0) is 23.8. The highest BCUT2D eigenvalue weighted by molar-refractivity contribution is 5.95. The largest absolute Gasteiger partial charge is 0.481 e. The molecule has 0 aromatic rings. The molecule has 0 aliphatic carbocycles. The normalized spacial score (nSPS) is 14.9. The molecule has 2 atom stereocenters. The van der Waals surface area contributed by atoms with E-state index >= 15 is 0 Å². The Morgan fingerprint density at radius 1 is 0.839 bits per heavy atom. The molecule has 0 amide bonds. The minimum Gasteiger partial charge on any atom is -0.481 e. The Bertz CT molecular complexity index is 491. The maximum Gasteiger partial charge on any atom is 0.305 e. The molecule has 0 aliphatic heterocycles. The second-order valence-corrected chi connectivity index (χ2v) is 9.65. The zero-order valence-corrected chi connectivity index (χ0v) is 21.4. The van der Waals surface area contributed by atoms with Gasteiger partial charge in [-0.05, 0) is 44.1 Å². The highest BCUT2D eigenvalue weighted by atomic mass is 16.4. The summed E-state index contributed by atoms with van der Waals surface area (Å²) in [7, 11) is 0. The molecule has 184 valence electrons. The maximum atomic E-state index is 13.6. The van der Waals surface area contributed by atoms with E-state index in [1.807, 2.05) is 13.8 Å². The van der Waals surface area contributed by atoms with Crippen molar-refractivity contribution in [3.05, 3.63) is 0 Å². The van der Waals surface area contributed by atoms with Crippen LogP contribution < -0.4 is 10.6 Å². The average Bonchev–Trinajstić information content (AvgIpc) is 2.76. The number of Topliss-reactive ketones (excluding diaryl/α,β-unsaturated/α-hetero) is 1. The third kappa shape index (κ3) is 11.5. The fourth-order valence-corrected chi connectivity index (χ4v) is 4.32. The SMILES string of the molecule is CCCCCCNC(CC)(CC)C(=O)C(CC(=O)O)NCC(C)(CC)CCCCCC. The van der Waals surface area contributed by atoms with Crippen molar-refractivity contribution < 1.29 is 14.7 Å². The summed E-state index contributed by atoms with van der Waals surface area (Å²) in [4.78, 5) is 25.2. The highest BCUT2D eigenvalue weighted by Crippen LogP contribution is 2.29. The van der Waals surface area contributed by atoms with Gasteiger partial charge in [0.25, 0.3) is 0 Å². The van der Waals surface area contributed by atoms with Gasteiger partial charge < -0.3 is 15.7 Å². The molecule has 0 fully saturated rings. The van der Waals surface area contributed by atoms with Crippen molar-refractivity contribution in [2.45, 2.75) is 137 Å². The second-order valence-electron chi connectivity index (χ2n) is 9.65. The lowest BCUT2D eigenvalue weighted by atomic mass is 9.80. The van der Waals surface area contributed by atoms with E-state index in [9.17, 15) is 14.7 Å². The third-order valence-electron chi connectivity index (χ3n) is 7.13. The fraction of sp³-hybridized carbons (Fsp3) is 0.923. The average molecular weight is 441 g/mol. The molecule has 0 heterocycles. The van der Waals surface area contributed by atoms with Crippen molar-refractivity contribution in [2.24, 2.45) is 5.41 Å². The summed E-state index contributed by atoms with van der Waals surface area (Å²) >= 11 is 0. The van der Waals surface area contributed by atoms with Gasteiger partial charge >= 0.3 is 5.97 Å². The molecule has 0 bridgehead atoms. The first kappa shape index (κ1) is 30.1. The molecule has 0 radical (unpaired) electrons. The summed E-state index contributed by atoms with van der Waals surface area (Å²) in [5.74, 6) is -0.907. The number of ketones is 1. The van der Waals surface area contributed by atoms with Crippen LogP contribution in [0.2, 0.25) is 0 Å². The number of hydrogen-bond acceptors (Lipinski definition) is 4. The molecule has 31 heavy (non-hydrogen) atoms. The van der Waals surface area contributed by atoms with Gasteiger partial charge in [0, 0.05) is 6.54 Å². The van der Waals surface area contributed by atoms with Gasteiger partial charge in [-0.15, -0.1) is 0 Å². The summed E-state index contributed by atoms with van der Waals surface area (Å²) in [5.41, 5.74) is -0.567. The van der Waals surface area contributed by atoms with E-state index < -0.39 is 17.6 Å². The fourth-order valence-electron chi connectivity index (χ4n) is 4.32. The van der Waals surface area contributed by atoms with E-state index in [0.717, 1.165) is 32.2 Å². The van der Waals surface area contributed by atoms with Crippen LogP contribution in [0.5, 0.6) is 0 Å². The van der Waals surface area contributed by atoms with Crippen molar-refractivity contribution in [3.8, 4) is 0 Å². The molecular weight excluding hydrogens is 388 g/mol. The van der Waals surface area contributed by atoms with Crippen molar-refractivity contribution >= 4 is 11.8 Å². The summed E-state index contributed by atoms with van der Waals surface area (Å²) in [6, 6.07) is -0.651. The molecule has 0 spiro atoms. The molecule has 0 aromatic carbocycles. The first-order chi connectivity index (χ1) is 14.7. The number of nitrogens with one attached hydrogen (secondary N) is 2. The van der Waals surface area contributed by atoms with Crippen molar-refractivity contribution in [1.29, 1.82) is 0 Å².